The van der Waals surface area contributed by atoms with Gasteiger partial charge in [-0.3, -0.25) is 4.79 Å². The van der Waals surface area contributed by atoms with E-state index in [0.717, 1.165) is 12.8 Å². The molecule has 0 radical (unpaired) electrons. The summed E-state index contributed by atoms with van der Waals surface area (Å²) >= 11 is 0. The van der Waals surface area contributed by atoms with E-state index in [4.69, 9.17) is 14.3 Å². The summed E-state index contributed by atoms with van der Waals surface area (Å²) in [6, 6.07) is 2.91. The predicted octanol–water partition coefficient (Wildman–Crippen LogP) is 1.02. The zero-order valence-corrected chi connectivity index (χ0v) is 9.85. The van der Waals surface area contributed by atoms with Crippen LogP contribution in [0.25, 0.3) is 0 Å². The number of rotatable bonds is 4. The SMILES string of the molecule is O=C(O)c1ccc(CNC(=O)C2CCCOC2)o1. The molecule has 2 heterocycles. The molecule has 2 rings (SSSR count). The topological polar surface area (TPSA) is 88.8 Å². The molecule has 1 aromatic heterocycles. The van der Waals surface area contributed by atoms with Gasteiger partial charge in [0.05, 0.1) is 19.1 Å². The first-order chi connectivity index (χ1) is 8.66. The zero-order valence-electron chi connectivity index (χ0n) is 9.85. The summed E-state index contributed by atoms with van der Waals surface area (Å²) in [6.45, 7) is 1.36. The van der Waals surface area contributed by atoms with Gasteiger partial charge in [-0.15, -0.1) is 0 Å². The fraction of sp³-hybridized carbons (Fsp3) is 0.500. The van der Waals surface area contributed by atoms with E-state index in [1.165, 1.54) is 6.07 Å². The van der Waals surface area contributed by atoms with Crippen molar-refractivity contribution >= 4 is 11.9 Å². The molecule has 0 saturated carbocycles. The largest absolute Gasteiger partial charge is 0.475 e. The molecule has 1 unspecified atom stereocenters. The second kappa shape index (κ2) is 5.68. The van der Waals surface area contributed by atoms with E-state index in [1.54, 1.807) is 6.07 Å². The number of hydrogen-bond acceptors (Lipinski definition) is 4. The monoisotopic (exact) mass is 253 g/mol. The molecule has 1 fully saturated rings. The molecule has 18 heavy (non-hydrogen) atoms. The van der Waals surface area contributed by atoms with Gasteiger partial charge in [0.2, 0.25) is 11.7 Å². The van der Waals surface area contributed by atoms with Crippen molar-refractivity contribution in [2.24, 2.45) is 5.92 Å². The van der Waals surface area contributed by atoms with Crippen molar-refractivity contribution in [1.29, 1.82) is 0 Å². The van der Waals surface area contributed by atoms with Crippen molar-refractivity contribution < 1.29 is 23.8 Å². The first kappa shape index (κ1) is 12.6. The molecule has 0 spiro atoms. The molecule has 6 heteroatoms. The van der Waals surface area contributed by atoms with Crippen LogP contribution in [-0.2, 0) is 16.1 Å². The number of ether oxygens (including phenoxy) is 1. The molecule has 1 atom stereocenters. The van der Waals surface area contributed by atoms with E-state index in [9.17, 15) is 9.59 Å². The van der Waals surface area contributed by atoms with Crippen molar-refractivity contribution in [3.8, 4) is 0 Å². The molecule has 6 nitrogen and oxygen atoms in total. The Bertz CT molecular complexity index is 433. The van der Waals surface area contributed by atoms with Crippen LogP contribution in [0.1, 0.15) is 29.2 Å². The second-order valence-corrected chi connectivity index (χ2v) is 4.20. The van der Waals surface area contributed by atoms with Crippen LogP contribution < -0.4 is 5.32 Å². The molecule has 1 aliphatic heterocycles. The summed E-state index contributed by atoms with van der Waals surface area (Å²) in [5.41, 5.74) is 0. The van der Waals surface area contributed by atoms with Gasteiger partial charge in [-0.2, -0.15) is 0 Å². The fourth-order valence-corrected chi connectivity index (χ4v) is 1.85. The van der Waals surface area contributed by atoms with Crippen molar-refractivity contribution in [1.82, 2.24) is 5.32 Å². The molecule has 1 aliphatic rings. The number of carbonyl (C=O) groups excluding carboxylic acids is 1. The minimum atomic E-state index is -1.12. The molecular formula is C12H15NO5. The molecule has 1 aromatic rings. The molecule has 0 aromatic carbocycles. The van der Waals surface area contributed by atoms with E-state index in [0.29, 0.717) is 19.0 Å². The summed E-state index contributed by atoms with van der Waals surface area (Å²) < 4.78 is 10.3. The Balaban J connectivity index is 1.82. The Morgan fingerprint density at radius 2 is 2.28 bits per heavy atom. The lowest BCUT2D eigenvalue weighted by molar-refractivity contribution is -0.129. The van der Waals surface area contributed by atoms with Crippen LogP contribution in [0.3, 0.4) is 0 Å². The maximum absolute atomic E-state index is 11.8. The summed E-state index contributed by atoms with van der Waals surface area (Å²) in [5, 5.41) is 11.4. The molecule has 0 bridgehead atoms. The third-order valence-corrected chi connectivity index (χ3v) is 2.84. The van der Waals surface area contributed by atoms with Gasteiger partial charge in [-0.1, -0.05) is 0 Å². The molecule has 1 amide bonds. The summed E-state index contributed by atoms with van der Waals surface area (Å²) in [5.74, 6) is -1.01. The summed E-state index contributed by atoms with van der Waals surface area (Å²) in [6.07, 6.45) is 1.71. The standard InChI is InChI=1S/C12H15NO5/c14-11(8-2-1-5-17-7-8)13-6-9-3-4-10(18-9)12(15)16/h3-4,8H,1-2,5-7H2,(H,13,14)(H,15,16). The van der Waals surface area contributed by atoms with Crippen LogP contribution in [0.5, 0.6) is 0 Å². The lowest BCUT2D eigenvalue weighted by Crippen LogP contribution is -2.35. The first-order valence-corrected chi connectivity index (χ1v) is 5.84. The third kappa shape index (κ3) is 3.10. The second-order valence-electron chi connectivity index (χ2n) is 4.20. The normalized spacial score (nSPS) is 19.4. The van der Waals surface area contributed by atoms with Crippen molar-refractivity contribution in [3.05, 3.63) is 23.7 Å². The number of carbonyl (C=O) groups is 2. The van der Waals surface area contributed by atoms with Crippen molar-refractivity contribution in [2.75, 3.05) is 13.2 Å². The van der Waals surface area contributed by atoms with Gasteiger partial charge < -0.3 is 19.6 Å². The van der Waals surface area contributed by atoms with Crippen LogP contribution in [-0.4, -0.2) is 30.2 Å². The Labute approximate surface area is 104 Å². The van der Waals surface area contributed by atoms with Crippen LogP contribution >= 0.6 is 0 Å². The smallest absolute Gasteiger partial charge is 0.371 e. The summed E-state index contributed by atoms with van der Waals surface area (Å²) in [7, 11) is 0. The number of carboxylic acids is 1. The molecule has 0 aliphatic carbocycles. The van der Waals surface area contributed by atoms with Gasteiger partial charge in [-0.05, 0) is 25.0 Å². The lowest BCUT2D eigenvalue weighted by atomic mass is 10.0. The maximum atomic E-state index is 11.8. The number of hydrogen-bond donors (Lipinski definition) is 2. The maximum Gasteiger partial charge on any atom is 0.371 e. The van der Waals surface area contributed by atoms with E-state index in [2.05, 4.69) is 5.32 Å². The van der Waals surface area contributed by atoms with E-state index in [-0.39, 0.29) is 24.1 Å². The summed E-state index contributed by atoms with van der Waals surface area (Å²) in [4.78, 5) is 22.4. The average molecular weight is 253 g/mol. The quantitative estimate of drug-likeness (QED) is 0.836. The van der Waals surface area contributed by atoms with Crippen molar-refractivity contribution in [2.45, 2.75) is 19.4 Å². The van der Waals surface area contributed by atoms with Gasteiger partial charge in [0.15, 0.2) is 0 Å². The minimum absolute atomic E-state index is 0.0806. The van der Waals surface area contributed by atoms with E-state index in [1.807, 2.05) is 0 Å². The highest BCUT2D eigenvalue weighted by atomic mass is 16.5. The first-order valence-electron chi connectivity index (χ1n) is 5.84. The average Bonchev–Trinajstić information content (AvgIpc) is 2.86. The molecule has 1 saturated heterocycles. The third-order valence-electron chi connectivity index (χ3n) is 2.84. The molecule has 2 N–H and O–H groups in total. The van der Waals surface area contributed by atoms with Gasteiger partial charge >= 0.3 is 5.97 Å². The van der Waals surface area contributed by atoms with E-state index < -0.39 is 5.97 Å². The van der Waals surface area contributed by atoms with Crippen molar-refractivity contribution in [3.63, 3.8) is 0 Å². The van der Waals surface area contributed by atoms with Crippen LogP contribution in [0.15, 0.2) is 16.5 Å². The van der Waals surface area contributed by atoms with Crippen LogP contribution in [0.4, 0.5) is 0 Å². The predicted molar refractivity (Wildman–Crippen MR) is 61.1 cm³/mol. The van der Waals surface area contributed by atoms with Gasteiger partial charge in [0, 0.05) is 6.61 Å². The highest BCUT2D eigenvalue weighted by Gasteiger charge is 2.21. The molecule has 98 valence electrons. The fourth-order valence-electron chi connectivity index (χ4n) is 1.85. The number of amides is 1. The van der Waals surface area contributed by atoms with Gasteiger partial charge in [0.25, 0.3) is 0 Å². The van der Waals surface area contributed by atoms with E-state index >= 15 is 0 Å². The van der Waals surface area contributed by atoms with Crippen LogP contribution in [0.2, 0.25) is 0 Å². The number of nitrogens with one attached hydrogen (secondary N) is 1. The Kier molecular flexibility index (Phi) is 3.99. The minimum Gasteiger partial charge on any atom is -0.475 e. The van der Waals surface area contributed by atoms with Crippen LogP contribution in [0, 0.1) is 5.92 Å². The molecular weight excluding hydrogens is 238 g/mol. The van der Waals surface area contributed by atoms with Gasteiger partial charge in [0.1, 0.15) is 5.76 Å². The van der Waals surface area contributed by atoms with Gasteiger partial charge in [-0.25, -0.2) is 4.79 Å². The Morgan fingerprint density at radius 1 is 1.44 bits per heavy atom. The highest BCUT2D eigenvalue weighted by molar-refractivity contribution is 5.84. The number of carboxylic acid groups (broad SMARTS) is 1. The Hall–Kier alpha value is -1.82. The lowest BCUT2D eigenvalue weighted by Gasteiger charge is -2.20. The Morgan fingerprint density at radius 3 is 2.89 bits per heavy atom. The number of furan rings is 1. The number of aromatic carboxylic acids is 1. The zero-order chi connectivity index (χ0) is 13.0. The highest BCUT2D eigenvalue weighted by Crippen LogP contribution is 2.14.